The molecule has 0 bridgehead atoms. The summed E-state index contributed by atoms with van der Waals surface area (Å²) < 4.78 is 38.1. The highest BCUT2D eigenvalue weighted by Gasteiger charge is 2.17. The Kier molecular flexibility index (Phi) is 4.09. The van der Waals surface area contributed by atoms with Gasteiger partial charge in [-0.3, -0.25) is 4.31 Å². The van der Waals surface area contributed by atoms with E-state index in [0.29, 0.717) is 5.69 Å². The number of rotatable bonds is 4. The van der Waals surface area contributed by atoms with Gasteiger partial charge in [-0.2, -0.15) is 0 Å². The van der Waals surface area contributed by atoms with Crippen molar-refractivity contribution in [2.45, 2.75) is 13.5 Å². The van der Waals surface area contributed by atoms with Crippen molar-refractivity contribution in [2.24, 2.45) is 0 Å². The largest absolute Gasteiger partial charge is 0.266 e. The Hall–Kier alpha value is -1.88. The molecule has 0 aromatic heterocycles. The molecule has 0 saturated heterocycles. The molecule has 0 fully saturated rings. The van der Waals surface area contributed by atoms with Crippen molar-refractivity contribution in [2.75, 3.05) is 10.6 Å². The fourth-order valence-corrected chi connectivity index (χ4v) is 2.82. The maximum atomic E-state index is 12.9. The van der Waals surface area contributed by atoms with Crippen molar-refractivity contribution in [1.82, 2.24) is 0 Å². The SMILES string of the molecule is Cc1cccc(N(Cc2ccc(F)cc2)S(C)(=O)=O)c1. The molecule has 0 aliphatic heterocycles. The first-order valence-corrected chi connectivity index (χ1v) is 8.00. The summed E-state index contributed by atoms with van der Waals surface area (Å²) >= 11 is 0. The predicted molar refractivity (Wildman–Crippen MR) is 78.6 cm³/mol. The van der Waals surface area contributed by atoms with E-state index in [1.165, 1.54) is 22.7 Å². The zero-order valence-corrected chi connectivity index (χ0v) is 12.2. The van der Waals surface area contributed by atoms with Crippen LogP contribution in [-0.2, 0) is 16.6 Å². The zero-order valence-electron chi connectivity index (χ0n) is 11.4. The fraction of sp³-hybridized carbons (Fsp3) is 0.200. The number of benzene rings is 2. The maximum Gasteiger partial charge on any atom is 0.232 e. The highest BCUT2D eigenvalue weighted by Crippen LogP contribution is 2.21. The maximum absolute atomic E-state index is 12.9. The number of aryl methyl sites for hydroxylation is 1. The highest BCUT2D eigenvalue weighted by molar-refractivity contribution is 7.92. The lowest BCUT2D eigenvalue weighted by molar-refractivity contribution is 0.596. The standard InChI is InChI=1S/C15H16FNO2S/c1-12-4-3-5-15(10-12)17(20(2,18)19)11-13-6-8-14(16)9-7-13/h3-10H,11H2,1-2H3. The van der Waals surface area contributed by atoms with Crippen molar-refractivity contribution >= 4 is 15.7 Å². The van der Waals surface area contributed by atoms with E-state index in [1.807, 2.05) is 25.1 Å². The second-order valence-corrected chi connectivity index (χ2v) is 6.64. The lowest BCUT2D eigenvalue weighted by Crippen LogP contribution is -2.29. The van der Waals surface area contributed by atoms with Crippen molar-refractivity contribution in [1.29, 1.82) is 0 Å². The highest BCUT2D eigenvalue weighted by atomic mass is 32.2. The Labute approximate surface area is 118 Å². The van der Waals surface area contributed by atoms with E-state index in [2.05, 4.69) is 0 Å². The average Bonchev–Trinajstić information content (AvgIpc) is 2.36. The van der Waals surface area contributed by atoms with E-state index in [0.717, 1.165) is 11.1 Å². The number of halogens is 1. The molecule has 106 valence electrons. The third-order valence-electron chi connectivity index (χ3n) is 2.93. The minimum Gasteiger partial charge on any atom is -0.266 e. The summed E-state index contributed by atoms with van der Waals surface area (Å²) in [6.45, 7) is 2.09. The lowest BCUT2D eigenvalue weighted by Gasteiger charge is -2.23. The van der Waals surface area contributed by atoms with Gasteiger partial charge >= 0.3 is 0 Å². The van der Waals surface area contributed by atoms with Gasteiger partial charge in [0.05, 0.1) is 18.5 Å². The van der Waals surface area contributed by atoms with Crippen LogP contribution in [0.3, 0.4) is 0 Å². The van der Waals surface area contributed by atoms with E-state index in [4.69, 9.17) is 0 Å². The molecule has 0 N–H and O–H groups in total. The molecule has 20 heavy (non-hydrogen) atoms. The Morgan fingerprint density at radius 1 is 1.10 bits per heavy atom. The van der Waals surface area contributed by atoms with E-state index >= 15 is 0 Å². The Morgan fingerprint density at radius 2 is 1.75 bits per heavy atom. The Balaban J connectivity index is 2.37. The van der Waals surface area contributed by atoms with Crippen molar-refractivity contribution in [3.8, 4) is 0 Å². The Bertz CT molecular complexity index is 696. The van der Waals surface area contributed by atoms with Gasteiger partial charge in [0, 0.05) is 0 Å². The number of nitrogens with zero attached hydrogens (tertiary/aromatic N) is 1. The van der Waals surface area contributed by atoms with Crippen LogP contribution >= 0.6 is 0 Å². The van der Waals surface area contributed by atoms with Crippen LogP contribution < -0.4 is 4.31 Å². The van der Waals surface area contributed by atoms with Crippen LogP contribution in [0.4, 0.5) is 10.1 Å². The molecular formula is C15H16FNO2S. The first-order chi connectivity index (χ1) is 9.36. The van der Waals surface area contributed by atoms with E-state index < -0.39 is 10.0 Å². The minimum absolute atomic E-state index is 0.183. The summed E-state index contributed by atoms with van der Waals surface area (Å²) in [5, 5.41) is 0. The monoisotopic (exact) mass is 293 g/mol. The summed E-state index contributed by atoms with van der Waals surface area (Å²) in [7, 11) is -3.40. The number of hydrogen-bond donors (Lipinski definition) is 0. The van der Waals surface area contributed by atoms with Crippen LogP contribution in [0.1, 0.15) is 11.1 Å². The van der Waals surface area contributed by atoms with Crippen LogP contribution in [0.25, 0.3) is 0 Å². The second-order valence-electron chi connectivity index (χ2n) is 4.74. The average molecular weight is 293 g/mol. The van der Waals surface area contributed by atoms with E-state index in [9.17, 15) is 12.8 Å². The van der Waals surface area contributed by atoms with Gasteiger partial charge < -0.3 is 0 Å². The third kappa shape index (κ3) is 3.57. The smallest absolute Gasteiger partial charge is 0.232 e. The van der Waals surface area contributed by atoms with Gasteiger partial charge in [-0.1, -0.05) is 24.3 Å². The molecule has 2 aromatic rings. The van der Waals surface area contributed by atoms with Gasteiger partial charge in [-0.15, -0.1) is 0 Å². The second kappa shape index (κ2) is 5.63. The first-order valence-electron chi connectivity index (χ1n) is 6.15. The van der Waals surface area contributed by atoms with Crippen LogP contribution in [0.15, 0.2) is 48.5 Å². The quantitative estimate of drug-likeness (QED) is 0.868. The molecular weight excluding hydrogens is 277 g/mol. The minimum atomic E-state index is -3.40. The first kappa shape index (κ1) is 14.5. The number of sulfonamides is 1. The summed E-state index contributed by atoms with van der Waals surface area (Å²) in [5.74, 6) is -0.338. The van der Waals surface area contributed by atoms with Crippen LogP contribution in [0, 0.1) is 12.7 Å². The predicted octanol–water partition coefficient (Wildman–Crippen LogP) is 3.10. The zero-order chi connectivity index (χ0) is 14.8. The van der Waals surface area contributed by atoms with Gasteiger partial charge in [-0.05, 0) is 42.3 Å². The van der Waals surface area contributed by atoms with Crippen molar-refractivity contribution < 1.29 is 12.8 Å². The molecule has 0 aliphatic carbocycles. The Morgan fingerprint density at radius 3 is 2.30 bits per heavy atom. The van der Waals surface area contributed by atoms with Crippen molar-refractivity contribution in [3.63, 3.8) is 0 Å². The summed E-state index contributed by atoms with van der Waals surface area (Å²) in [6.07, 6.45) is 1.17. The molecule has 0 atom stereocenters. The molecule has 0 radical (unpaired) electrons. The fourth-order valence-electron chi connectivity index (χ4n) is 1.94. The number of anilines is 1. The molecule has 0 aliphatic rings. The van der Waals surface area contributed by atoms with Crippen LogP contribution in [-0.4, -0.2) is 14.7 Å². The van der Waals surface area contributed by atoms with Gasteiger partial charge in [-0.25, -0.2) is 12.8 Å². The molecule has 5 heteroatoms. The van der Waals surface area contributed by atoms with Gasteiger partial charge in [0.25, 0.3) is 0 Å². The topological polar surface area (TPSA) is 37.4 Å². The van der Waals surface area contributed by atoms with Crippen LogP contribution in [0.5, 0.6) is 0 Å². The molecule has 0 heterocycles. The molecule has 3 nitrogen and oxygen atoms in total. The summed E-state index contributed by atoms with van der Waals surface area (Å²) in [5.41, 5.74) is 2.32. The molecule has 0 saturated carbocycles. The summed E-state index contributed by atoms with van der Waals surface area (Å²) in [6, 6.07) is 13.1. The van der Waals surface area contributed by atoms with Gasteiger partial charge in [0.15, 0.2) is 0 Å². The molecule has 0 spiro atoms. The van der Waals surface area contributed by atoms with Crippen molar-refractivity contribution in [3.05, 3.63) is 65.5 Å². The number of hydrogen-bond acceptors (Lipinski definition) is 2. The molecule has 2 aromatic carbocycles. The molecule has 0 amide bonds. The van der Waals surface area contributed by atoms with E-state index in [-0.39, 0.29) is 12.4 Å². The van der Waals surface area contributed by atoms with Crippen LogP contribution in [0.2, 0.25) is 0 Å². The summed E-state index contributed by atoms with van der Waals surface area (Å²) in [4.78, 5) is 0. The lowest BCUT2D eigenvalue weighted by atomic mass is 10.2. The van der Waals surface area contributed by atoms with Gasteiger partial charge in [0.1, 0.15) is 5.82 Å². The molecule has 2 rings (SSSR count). The van der Waals surface area contributed by atoms with E-state index in [1.54, 1.807) is 18.2 Å². The third-order valence-corrected chi connectivity index (χ3v) is 4.07. The normalized spacial score (nSPS) is 11.3. The van der Waals surface area contributed by atoms with Gasteiger partial charge in [0.2, 0.25) is 10.0 Å². The molecule has 0 unspecified atom stereocenters.